The third-order valence-corrected chi connectivity index (χ3v) is 3.55. The van der Waals surface area contributed by atoms with E-state index < -0.39 is 0 Å². The zero-order valence-corrected chi connectivity index (χ0v) is 10.6. The molecule has 3 rings (SSSR count). The van der Waals surface area contributed by atoms with Crippen molar-refractivity contribution in [3.05, 3.63) is 41.7 Å². The van der Waals surface area contributed by atoms with Gasteiger partial charge in [0.2, 0.25) is 0 Å². The Morgan fingerprint density at radius 2 is 2.28 bits per heavy atom. The first-order valence-corrected chi connectivity index (χ1v) is 6.34. The standard InChI is InChI=1S/C14H18N4/c1-17-10-11(9-16-17)5-7-18-8-6-12-3-2-4-13(15)14(12)18/h2-4,9-10H,5-8,15H2,1H3. The summed E-state index contributed by atoms with van der Waals surface area (Å²) in [5.74, 6) is 0. The number of para-hydroxylation sites is 1. The molecule has 94 valence electrons. The maximum atomic E-state index is 6.08. The van der Waals surface area contributed by atoms with Crippen LogP contribution in [0.4, 0.5) is 11.4 Å². The van der Waals surface area contributed by atoms with Gasteiger partial charge in [-0.2, -0.15) is 5.10 Å². The van der Waals surface area contributed by atoms with Crippen LogP contribution in [0.2, 0.25) is 0 Å². The summed E-state index contributed by atoms with van der Waals surface area (Å²) >= 11 is 0. The number of aryl methyl sites for hydroxylation is 1. The van der Waals surface area contributed by atoms with Crippen LogP contribution in [0.25, 0.3) is 0 Å². The maximum Gasteiger partial charge on any atom is 0.0633 e. The molecular weight excluding hydrogens is 224 g/mol. The highest BCUT2D eigenvalue weighted by Crippen LogP contribution is 2.33. The molecule has 2 heterocycles. The molecule has 0 unspecified atom stereocenters. The second-order valence-electron chi connectivity index (χ2n) is 4.86. The SMILES string of the molecule is Cn1cc(CCN2CCc3cccc(N)c32)cn1. The van der Waals surface area contributed by atoms with Crippen molar-refractivity contribution in [3.63, 3.8) is 0 Å². The van der Waals surface area contributed by atoms with Crippen LogP contribution in [0, 0.1) is 0 Å². The monoisotopic (exact) mass is 242 g/mol. The van der Waals surface area contributed by atoms with Crippen molar-refractivity contribution in [1.82, 2.24) is 9.78 Å². The highest BCUT2D eigenvalue weighted by Gasteiger charge is 2.20. The van der Waals surface area contributed by atoms with Gasteiger partial charge >= 0.3 is 0 Å². The minimum absolute atomic E-state index is 0.899. The average molecular weight is 242 g/mol. The van der Waals surface area contributed by atoms with Gasteiger partial charge in [-0.3, -0.25) is 4.68 Å². The predicted octanol–water partition coefficient (Wildman–Crippen LogP) is 1.61. The molecule has 0 fully saturated rings. The van der Waals surface area contributed by atoms with E-state index in [-0.39, 0.29) is 0 Å². The Hall–Kier alpha value is -1.97. The van der Waals surface area contributed by atoms with Crippen LogP contribution in [0.5, 0.6) is 0 Å². The van der Waals surface area contributed by atoms with E-state index in [0.29, 0.717) is 0 Å². The van der Waals surface area contributed by atoms with E-state index in [1.54, 1.807) is 0 Å². The first-order valence-electron chi connectivity index (χ1n) is 6.34. The molecule has 0 bridgehead atoms. The normalized spacial score (nSPS) is 13.9. The van der Waals surface area contributed by atoms with Crippen LogP contribution in [0.1, 0.15) is 11.1 Å². The molecule has 1 aliphatic rings. The van der Waals surface area contributed by atoms with E-state index in [1.165, 1.54) is 16.8 Å². The number of benzene rings is 1. The molecule has 18 heavy (non-hydrogen) atoms. The van der Waals surface area contributed by atoms with E-state index in [9.17, 15) is 0 Å². The molecule has 0 saturated heterocycles. The Morgan fingerprint density at radius 3 is 3.06 bits per heavy atom. The summed E-state index contributed by atoms with van der Waals surface area (Å²) in [5, 5.41) is 4.20. The van der Waals surface area contributed by atoms with E-state index in [0.717, 1.165) is 31.6 Å². The molecule has 4 heteroatoms. The van der Waals surface area contributed by atoms with Crippen LogP contribution >= 0.6 is 0 Å². The van der Waals surface area contributed by atoms with Crippen LogP contribution in [-0.4, -0.2) is 22.9 Å². The van der Waals surface area contributed by atoms with Gasteiger partial charge in [-0.25, -0.2) is 0 Å². The Kier molecular flexibility index (Phi) is 2.70. The lowest BCUT2D eigenvalue weighted by Crippen LogP contribution is -2.23. The number of hydrogen-bond donors (Lipinski definition) is 1. The minimum atomic E-state index is 0.899. The van der Waals surface area contributed by atoms with E-state index in [2.05, 4.69) is 22.3 Å². The summed E-state index contributed by atoms with van der Waals surface area (Å²) in [7, 11) is 1.95. The van der Waals surface area contributed by atoms with Gasteiger partial charge in [-0.1, -0.05) is 12.1 Å². The fourth-order valence-electron chi connectivity index (χ4n) is 2.65. The van der Waals surface area contributed by atoms with Crippen molar-refractivity contribution in [2.24, 2.45) is 7.05 Å². The molecule has 0 radical (unpaired) electrons. The molecule has 2 N–H and O–H groups in total. The number of aromatic nitrogens is 2. The summed E-state index contributed by atoms with van der Waals surface area (Å²) in [5.41, 5.74) is 10.9. The summed E-state index contributed by atoms with van der Waals surface area (Å²) in [6.07, 6.45) is 6.13. The second-order valence-corrected chi connectivity index (χ2v) is 4.86. The summed E-state index contributed by atoms with van der Waals surface area (Å²) in [4.78, 5) is 2.39. The maximum absolute atomic E-state index is 6.08. The first kappa shape index (κ1) is 11.1. The topological polar surface area (TPSA) is 47.1 Å². The van der Waals surface area contributed by atoms with Gasteiger partial charge in [0.25, 0.3) is 0 Å². The summed E-state index contributed by atoms with van der Waals surface area (Å²) < 4.78 is 1.85. The third kappa shape index (κ3) is 1.94. The Morgan fingerprint density at radius 1 is 1.39 bits per heavy atom. The second kappa shape index (κ2) is 4.37. The van der Waals surface area contributed by atoms with Gasteiger partial charge in [-0.15, -0.1) is 0 Å². The van der Waals surface area contributed by atoms with Crippen LogP contribution in [0.3, 0.4) is 0 Å². The predicted molar refractivity (Wildman–Crippen MR) is 73.7 cm³/mol. The van der Waals surface area contributed by atoms with Gasteiger partial charge in [0.05, 0.1) is 17.6 Å². The lowest BCUT2D eigenvalue weighted by molar-refractivity contribution is 0.765. The Bertz CT molecular complexity index is 559. The summed E-state index contributed by atoms with van der Waals surface area (Å²) in [6.45, 7) is 2.08. The van der Waals surface area contributed by atoms with Crippen LogP contribution < -0.4 is 10.6 Å². The molecular formula is C14H18N4. The molecule has 0 amide bonds. The zero-order valence-electron chi connectivity index (χ0n) is 10.6. The third-order valence-electron chi connectivity index (χ3n) is 3.55. The largest absolute Gasteiger partial charge is 0.397 e. The Balaban J connectivity index is 1.73. The number of nitrogens with two attached hydrogens (primary N) is 1. The number of fused-ring (bicyclic) bond motifs is 1. The number of nitrogens with zero attached hydrogens (tertiary/aromatic N) is 3. The number of nitrogen functional groups attached to an aromatic ring is 1. The fraction of sp³-hybridized carbons (Fsp3) is 0.357. The number of hydrogen-bond acceptors (Lipinski definition) is 3. The average Bonchev–Trinajstić information content (AvgIpc) is 2.94. The molecule has 0 aliphatic carbocycles. The van der Waals surface area contributed by atoms with Gasteiger partial charge in [0.15, 0.2) is 0 Å². The lowest BCUT2D eigenvalue weighted by Gasteiger charge is -2.20. The Labute approximate surface area is 107 Å². The van der Waals surface area contributed by atoms with Crippen molar-refractivity contribution < 1.29 is 0 Å². The lowest BCUT2D eigenvalue weighted by atomic mass is 10.1. The summed E-state index contributed by atoms with van der Waals surface area (Å²) in [6, 6.07) is 6.20. The van der Waals surface area contributed by atoms with Crippen LogP contribution in [0.15, 0.2) is 30.6 Å². The number of rotatable bonds is 3. The highest BCUT2D eigenvalue weighted by molar-refractivity contribution is 5.74. The van der Waals surface area contributed by atoms with Gasteiger partial charge in [-0.05, 0) is 30.0 Å². The van der Waals surface area contributed by atoms with Crippen molar-refractivity contribution >= 4 is 11.4 Å². The van der Waals surface area contributed by atoms with Crippen molar-refractivity contribution in [3.8, 4) is 0 Å². The molecule has 1 aliphatic heterocycles. The molecule has 0 atom stereocenters. The van der Waals surface area contributed by atoms with Crippen LogP contribution in [-0.2, 0) is 19.9 Å². The van der Waals surface area contributed by atoms with Gasteiger partial charge in [0.1, 0.15) is 0 Å². The highest BCUT2D eigenvalue weighted by atomic mass is 15.2. The molecule has 1 aromatic heterocycles. The molecule has 4 nitrogen and oxygen atoms in total. The molecule has 2 aromatic rings. The smallest absolute Gasteiger partial charge is 0.0633 e. The van der Waals surface area contributed by atoms with E-state index in [1.807, 2.05) is 30.1 Å². The van der Waals surface area contributed by atoms with E-state index >= 15 is 0 Å². The molecule has 0 spiro atoms. The van der Waals surface area contributed by atoms with Crippen molar-refractivity contribution in [2.45, 2.75) is 12.8 Å². The van der Waals surface area contributed by atoms with Gasteiger partial charge in [0, 0.05) is 26.3 Å². The van der Waals surface area contributed by atoms with Gasteiger partial charge < -0.3 is 10.6 Å². The molecule has 0 saturated carbocycles. The zero-order chi connectivity index (χ0) is 12.5. The van der Waals surface area contributed by atoms with Crippen molar-refractivity contribution in [1.29, 1.82) is 0 Å². The van der Waals surface area contributed by atoms with E-state index in [4.69, 9.17) is 5.73 Å². The van der Waals surface area contributed by atoms with Crippen molar-refractivity contribution in [2.75, 3.05) is 23.7 Å². The quantitative estimate of drug-likeness (QED) is 0.832. The first-order chi connectivity index (χ1) is 8.74. The molecule has 1 aromatic carbocycles. The number of anilines is 2. The fourth-order valence-corrected chi connectivity index (χ4v) is 2.65. The minimum Gasteiger partial charge on any atom is -0.397 e.